The summed E-state index contributed by atoms with van der Waals surface area (Å²) >= 11 is 5.92. The number of ketones is 1. The molecule has 2 N–H and O–H groups in total. The van der Waals surface area contributed by atoms with E-state index < -0.39 is 0 Å². The second-order valence-electron chi connectivity index (χ2n) is 3.54. The maximum Gasteiger partial charge on any atom is 0.202 e. The van der Waals surface area contributed by atoms with Crippen LogP contribution in [0.4, 0.5) is 0 Å². The van der Waals surface area contributed by atoms with Crippen LogP contribution in [0, 0.1) is 0 Å². The summed E-state index contributed by atoms with van der Waals surface area (Å²) in [6.07, 6.45) is 3.30. The van der Waals surface area contributed by atoms with Crippen LogP contribution in [0.3, 0.4) is 0 Å². The highest BCUT2D eigenvalue weighted by atomic mass is 35.5. The third-order valence-electron chi connectivity index (χ3n) is 2.35. The highest BCUT2D eigenvalue weighted by molar-refractivity contribution is 6.31. The molecule has 2 aromatic rings. The fourth-order valence-corrected chi connectivity index (χ4v) is 1.63. The van der Waals surface area contributed by atoms with Gasteiger partial charge in [0.2, 0.25) is 5.78 Å². The van der Waals surface area contributed by atoms with E-state index in [0.29, 0.717) is 16.5 Å². The lowest BCUT2D eigenvalue weighted by atomic mass is 10.1. The normalized spacial score (nSPS) is 10.5. The smallest absolute Gasteiger partial charge is 0.202 e. The van der Waals surface area contributed by atoms with Crippen molar-refractivity contribution in [3.63, 3.8) is 0 Å². The molecule has 0 saturated heterocycles. The van der Waals surface area contributed by atoms with E-state index in [1.165, 1.54) is 6.20 Å². The summed E-state index contributed by atoms with van der Waals surface area (Å²) in [4.78, 5) is 15.7. The number of pyridine rings is 1. The van der Waals surface area contributed by atoms with Gasteiger partial charge in [-0.05, 0) is 23.8 Å². The van der Waals surface area contributed by atoms with E-state index in [2.05, 4.69) is 4.98 Å². The van der Waals surface area contributed by atoms with Gasteiger partial charge in [-0.15, -0.1) is 0 Å². The van der Waals surface area contributed by atoms with Crippen molar-refractivity contribution in [3.8, 4) is 0 Å². The molecule has 0 aliphatic heterocycles. The topological polar surface area (TPSA) is 69.1 Å². The summed E-state index contributed by atoms with van der Waals surface area (Å²) in [5.74, 6) is 0.769. The van der Waals surface area contributed by atoms with Gasteiger partial charge in [0, 0.05) is 18.8 Å². The van der Waals surface area contributed by atoms with Gasteiger partial charge in [0.25, 0.3) is 0 Å². The van der Waals surface area contributed by atoms with Gasteiger partial charge in [0.1, 0.15) is 5.76 Å². The zero-order valence-corrected chi connectivity index (χ0v) is 9.78. The molecule has 4 nitrogen and oxygen atoms in total. The summed E-state index contributed by atoms with van der Waals surface area (Å²) in [6.45, 7) is 0.281. The number of furan rings is 1. The first-order valence-electron chi connectivity index (χ1n) is 5.11. The lowest BCUT2D eigenvalue weighted by Gasteiger charge is -2.00. The molecule has 0 amide bonds. The van der Waals surface area contributed by atoms with Crippen molar-refractivity contribution in [1.82, 2.24) is 4.98 Å². The molecule has 2 aromatic heterocycles. The van der Waals surface area contributed by atoms with E-state index in [1.54, 1.807) is 24.4 Å². The Bertz CT molecular complexity index is 537. The largest absolute Gasteiger partial charge is 0.457 e. The van der Waals surface area contributed by atoms with E-state index in [9.17, 15) is 4.79 Å². The van der Waals surface area contributed by atoms with Gasteiger partial charge < -0.3 is 10.2 Å². The number of halogens is 1. The standard InChI is InChI=1S/C12H11ClN2O2/c13-10-7-15-4-3-8(10)5-11(16)12-2-1-9(6-14)17-12/h1-4,7H,5-6,14H2. The molecule has 0 unspecified atom stereocenters. The van der Waals surface area contributed by atoms with Crippen LogP contribution in [0.1, 0.15) is 21.9 Å². The second kappa shape index (κ2) is 5.12. The molecule has 5 heteroatoms. The number of hydrogen-bond donors (Lipinski definition) is 1. The first-order chi connectivity index (χ1) is 8.20. The van der Waals surface area contributed by atoms with Crippen LogP contribution in [0.2, 0.25) is 5.02 Å². The third kappa shape index (κ3) is 2.72. The lowest BCUT2D eigenvalue weighted by Crippen LogP contribution is -2.03. The Hall–Kier alpha value is -1.65. The summed E-state index contributed by atoms with van der Waals surface area (Å²) < 4.78 is 5.27. The van der Waals surface area contributed by atoms with Crippen molar-refractivity contribution in [3.05, 3.63) is 52.7 Å². The molecule has 17 heavy (non-hydrogen) atoms. The van der Waals surface area contributed by atoms with Crippen LogP contribution in [-0.4, -0.2) is 10.8 Å². The van der Waals surface area contributed by atoms with Crippen molar-refractivity contribution in [2.24, 2.45) is 5.73 Å². The number of nitrogens with zero attached hydrogens (tertiary/aromatic N) is 1. The van der Waals surface area contributed by atoms with E-state index >= 15 is 0 Å². The van der Waals surface area contributed by atoms with Crippen molar-refractivity contribution in [1.29, 1.82) is 0 Å². The molecule has 88 valence electrons. The first kappa shape index (κ1) is 11.8. The number of aromatic nitrogens is 1. The molecule has 0 aliphatic carbocycles. The number of carbonyl (C=O) groups is 1. The molecule has 0 aromatic carbocycles. The molecule has 2 rings (SSSR count). The van der Waals surface area contributed by atoms with Crippen molar-refractivity contribution in [2.45, 2.75) is 13.0 Å². The molecule has 0 atom stereocenters. The summed E-state index contributed by atoms with van der Waals surface area (Å²) in [5, 5.41) is 0.478. The molecule has 0 spiro atoms. The fourth-order valence-electron chi connectivity index (χ4n) is 1.44. The van der Waals surface area contributed by atoms with E-state index in [-0.39, 0.29) is 18.7 Å². The average molecular weight is 251 g/mol. The average Bonchev–Trinajstić information content (AvgIpc) is 2.81. The molecule has 0 bridgehead atoms. The van der Waals surface area contributed by atoms with Crippen LogP contribution in [0.5, 0.6) is 0 Å². The SMILES string of the molecule is NCc1ccc(C(=O)Cc2ccncc2Cl)o1. The summed E-state index contributed by atoms with van der Waals surface area (Å²) in [6, 6.07) is 5.04. The summed E-state index contributed by atoms with van der Waals surface area (Å²) in [7, 11) is 0. The zero-order chi connectivity index (χ0) is 12.3. The molecule has 0 fully saturated rings. The zero-order valence-electron chi connectivity index (χ0n) is 9.02. The minimum Gasteiger partial charge on any atom is -0.457 e. The third-order valence-corrected chi connectivity index (χ3v) is 2.69. The Morgan fingerprint density at radius 1 is 1.41 bits per heavy atom. The Morgan fingerprint density at radius 2 is 2.24 bits per heavy atom. The van der Waals surface area contributed by atoms with Crippen LogP contribution in [0.25, 0.3) is 0 Å². The van der Waals surface area contributed by atoms with Gasteiger partial charge in [-0.3, -0.25) is 9.78 Å². The monoisotopic (exact) mass is 250 g/mol. The quantitative estimate of drug-likeness (QED) is 0.845. The number of Topliss-reactive ketones (excluding diaryl/α,β-unsaturated/α-hetero) is 1. The Labute approximate surface area is 103 Å². The molecule has 0 radical (unpaired) electrons. The van der Waals surface area contributed by atoms with Crippen LogP contribution >= 0.6 is 11.6 Å². The van der Waals surface area contributed by atoms with Crippen LogP contribution < -0.4 is 5.73 Å². The number of hydrogen-bond acceptors (Lipinski definition) is 4. The van der Waals surface area contributed by atoms with Gasteiger partial charge in [-0.2, -0.15) is 0 Å². The van der Waals surface area contributed by atoms with Gasteiger partial charge in [0.15, 0.2) is 5.76 Å². The maximum atomic E-state index is 11.9. The Morgan fingerprint density at radius 3 is 2.88 bits per heavy atom. The van der Waals surface area contributed by atoms with Gasteiger partial charge in [-0.25, -0.2) is 0 Å². The van der Waals surface area contributed by atoms with Crippen LogP contribution in [-0.2, 0) is 13.0 Å². The van der Waals surface area contributed by atoms with E-state index in [0.717, 1.165) is 5.56 Å². The number of rotatable bonds is 4. The Kier molecular flexibility index (Phi) is 3.56. The first-order valence-corrected chi connectivity index (χ1v) is 5.49. The predicted octanol–water partition coefficient (Wildman–Crippen LogP) is 2.21. The minimum absolute atomic E-state index is 0.127. The number of carbonyl (C=O) groups excluding carboxylic acids is 1. The highest BCUT2D eigenvalue weighted by Crippen LogP contribution is 2.17. The molecule has 2 heterocycles. The Balaban J connectivity index is 2.14. The molecule has 0 saturated carbocycles. The predicted molar refractivity (Wildman–Crippen MR) is 63.9 cm³/mol. The van der Waals surface area contributed by atoms with Crippen molar-refractivity contribution in [2.75, 3.05) is 0 Å². The van der Waals surface area contributed by atoms with Gasteiger partial charge >= 0.3 is 0 Å². The van der Waals surface area contributed by atoms with E-state index in [4.69, 9.17) is 21.8 Å². The fraction of sp³-hybridized carbons (Fsp3) is 0.167. The highest BCUT2D eigenvalue weighted by Gasteiger charge is 2.13. The van der Waals surface area contributed by atoms with Crippen molar-refractivity contribution < 1.29 is 9.21 Å². The van der Waals surface area contributed by atoms with Gasteiger partial charge in [-0.1, -0.05) is 11.6 Å². The van der Waals surface area contributed by atoms with Crippen LogP contribution in [0.15, 0.2) is 35.0 Å². The van der Waals surface area contributed by atoms with Gasteiger partial charge in [0.05, 0.1) is 11.6 Å². The molecular weight excluding hydrogens is 240 g/mol. The number of nitrogens with two attached hydrogens (primary N) is 1. The van der Waals surface area contributed by atoms with Crippen molar-refractivity contribution >= 4 is 17.4 Å². The molecule has 0 aliphatic rings. The minimum atomic E-state index is -0.127. The lowest BCUT2D eigenvalue weighted by molar-refractivity contribution is 0.0964. The maximum absolute atomic E-state index is 11.9. The molecular formula is C12H11ClN2O2. The van der Waals surface area contributed by atoms with E-state index in [1.807, 2.05) is 0 Å². The second-order valence-corrected chi connectivity index (χ2v) is 3.94. The summed E-state index contributed by atoms with van der Waals surface area (Å²) in [5.41, 5.74) is 6.14.